The van der Waals surface area contributed by atoms with Crippen LogP contribution < -0.4 is 4.90 Å². The first-order valence-corrected chi connectivity index (χ1v) is 14.5. The number of amides is 2. The molecule has 222 valence electrons. The third-order valence-electron chi connectivity index (χ3n) is 9.07. The van der Waals surface area contributed by atoms with Crippen LogP contribution in [-0.4, -0.2) is 85.8 Å². The molecule has 0 saturated carbocycles. The molecule has 2 fully saturated rings. The number of alkyl halides is 2. The van der Waals surface area contributed by atoms with Crippen molar-refractivity contribution in [2.24, 2.45) is 12.5 Å². The summed E-state index contributed by atoms with van der Waals surface area (Å²) in [5, 5.41) is 11.0. The van der Waals surface area contributed by atoms with E-state index in [9.17, 15) is 18.4 Å². The molecule has 3 aliphatic rings. The summed E-state index contributed by atoms with van der Waals surface area (Å²) in [7, 11) is 1.84. The summed E-state index contributed by atoms with van der Waals surface area (Å²) in [5.41, 5.74) is 3.57. The van der Waals surface area contributed by atoms with Crippen LogP contribution in [0.1, 0.15) is 36.9 Å². The molecule has 1 unspecified atom stereocenters. The molecule has 4 aromatic rings. The molecule has 43 heavy (non-hydrogen) atoms. The zero-order valence-electron chi connectivity index (χ0n) is 23.8. The summed E-state index contributed by atoms with van der Waals surface area (Å²) in [4.78, 5) is 36.8. The molecule has 2 aromatic carbocycles. The zero-order chi connectivity index (χ0) is 29.7. The van der Waals surface area contributed by atoms with Gasteiger partial charge >= 0.3 is 0 Å². The van der Waals surface area contributed by atoms with E-state index in [2.05, 4.69) is 43.4 Å². The average molecular weight is 587 g/mol. The topological polar surface area (TPSA) is 103 Å². The molecule has 0 bridgehead atoms. The Kier molecular flexibility index (Phi) is 6.80. The monoisotopic (exact) mass is 586 g/mol. The second-order valence-electron chi connectivity index (χ2n) is 11.7. The highest BCUT2D eigenvalue weighted by Crippen LogP contribution is 2.43. The Hall–Kier alpha value is -4.45. The molecule has 7 rings (SSSR count). The SMILES string of the molecule is Cn1cnc(-c2ccc(C3=CCN(C(=O)CN4CCC5(CCN(c6ccc7[nH]nc(C(F)F)c7c6)C5=O)C4)CC3)cc2)n1. The van der Waals surface area contributed by atoms with Crippen molar-refractivity contribution in [3.8, 4) is 11.4 Å². The number of aromatic amines is 1. The van der Waals surface area contributed by atoms with Gasteiger partial charge in [-0.2, -0.15) is 10.2 Å². The number of likely N-dealkylation sites (tertiary alicyclic amines) is 1. The van der Waals surface area contributed by atoms with Crippen molar-refractivity contribution in [1.82, 2.24) is 34.8 Å². The maximum atomic E-state index is 13.6. The first-order valence-electron chi connectivity index (χ1n) is 14.5. The smallest absolute Gasteiger partial charge is 0.282 e. The van der Waals surface area contributed by atoms with Crippen LogP contribution >= 0.6 is 0 Å². The number of hydrogen-bond acceptors (Lipinski definition) is 6. The Morgan fingerprint density at radius 3 is 2.58 bits per heavy atom. The van der Waals surface area contributed by atoms with E-state index in [1.54, 1.807) is 34.1 Å². The van der Waals surface area contributed by atoms with Crippen molar-refractivity contribution in [1.29, 1.82) is 0 Å². The van der Waals surface area contributed by atoms with Gasteiger partial charge in [0.25, 0.3) is 6.43 Å². The number of aryl methyl sites for hydroxylation is 1. The van der Waals surface area contributed by atoms with Gasteiger partial charge in [0.2, 0.25) is 11.8 Å². The van der Waals surface area contributed by atoms with Crippen LogP contribution in [0.25, 0.3) is 27.9 Å². The molecule has 1 N–H and O–H groups in total. The number of rotatable bonds is 6. The lowest BCUT2D eigenvalue weighted by atomic mass is 9.85. The summed E-state index contributed by atoms with van der Waals surface area (Å²) < 4.78 is 28.5. The average Bonchev–Trinajstić information content (AvgIpc) is 3.81. The van der Waals surface area contributed by atoms with Crippen molar-refractivity contribution in [3.05, 3.63) is 66.1 Å². The number of anilines is 1. The summed E-state index contributed by atoms with van der Waals surface area (Å²) in [6, 6.07) is 13.3. The molecule has 2 aromatic heterocycles. The fraction of sp³-hybridized carbons (Fsp3) is 0.387. The largest absolute Gasteiger partial charge is 0.338 e. The summed E-state index contributed by atoms with van der Waals surface area (Å²) in [6.07, 6.45) is 3.23. The van der Waals surface area contributed by atoms with Gasteiger partial charge in [0.15, 0.2) is 5.82 Å². The number of benzene rings is 2. The Morgan fingerprint density at radius 1 is 1.07 bits per heavy atom. The van der Waals surface area contributed by atoms with E-state index in [4.69, 9.17) is 0 Å². The third-order valence-corrected chi connectivity index (χ3v) is 9.07. The van der Waals surface area contributed by atoms with Crippen molar-refractivity contribution < 1.29 is 18.4 Å². The summed E-state index contributed by atoms with van der Waals surface area (Å²) in [5.74, 6) is 0.758. The van der Waals surface area contributed by atoms with Crippen LogP contribution in [0.2, 0.25) is 0 Å². The van der Waals surface area contributed by atoms with Crippen LogP contribution in [0.3, 0.4) is 0 Å². The standard InChI is InChI=1S/C31H32F2N8O2/c1-38-19-34-29(37-38)22-4-2-20(3-5-22)21-8-12-40(13-9-21)26(42)17-39-14-10-31(18-39)11-15-41(30(31)43)23-6-7-25-24(16-23)27(28(32)33)36-35-25/h2-8,16,19,28H,9-15,17-18H2,1H3,(H,35,36). The van der Waals surface area contributed by atoms with Gasteiger partial charge in [0, 0.05) is 49.9 Å². The van der Waals surface area contributed by atoms with E-state index >= 15 is 0 Å². The van der Waals surface area contributed by atoms with Crippen LogP contribution in [-0.2, 0) is 16.6 Å². The maximum Gasteiger partial charge on any atom is 0.282 e. The third kappa shape index (κ3) is 4.99. The fourth-order valence-electron chi connectivity index (χ4n) is 6.65. The second kappa shape index (κ2) is 10.7. The molecule has 0 radical (unpaired) electrons. The summed E-state index contributed by atoms with van der Waals surface area (Å²) >= 11 is 0. The lowest BCUT2D eigenvalue weighted by Crippen LogP contribution is -2.43. The lowest BCUT2D eigenvalue weighted by Gasteiger charge is -2.29. The van der Waals surface area contributed by atoms with Gasteiger partial charge in [-0.25, -0.2) is 13.8 Å². The van der Waals surface area contributed by atoms with Gasteiger partial charge in [0.1, 0.15) is 12.0 Å². The number of halogens is 2. The Labute approximate surface area is 247 Å². The molecule has 3 aliphatic heterocycles. The van der Waals surface area contributed by atoms with Gasteiger partial charge in [-0.1, -0.05) is 30.3 Å². The highest BCUT2D eigenvalue weighted by Gasteiger charge is 2.51. The number of aromatic nitrogens is 5. The Morgan fingerprint density at radius 2 is 1.86 bits per heavy atom. The van der Waals surface area contributed by atoms with Crippen molar-refractivity contribution in [3.63, 3.8) is 0 Å². The van der Waals surface area contributed by atoms with E-state index in [-0.39, 0.29) is 24.1 Å². The number of fused-ring (bicyclic) bond motifs is 1. The van der Waals surface area contributed by atoms with Gasteiger partial charge in [-0.15, -0.1) is 0 Å². The predicted molar refractivity (Wildman–Crippen MR) is 157 cm³/mol. The Bertz CT molecular complexity index is 1730. The van der Waals surface area contributed by atoms with Gasteiger partial charge < -0.3 is 9.80 Å². The number of nitrogens with zero attached hydrogens (tertiary/aromatic N) is 7. The van der Waals surface area contributed by atoms with E-state index in [0.29, 0.717) is 68.0 Å². The fourth-order valence-corrected chi connectivity index (χ4v) is 6.65. The van der Waals surface area contributed by atoms with Crippen LogP contribution in [0.4, 0.5) is 14.5 Å². The predicted octanol–water partition coefficient (Wildman–Crippen LogP) is 4.04. The number of carbonyl (C=O) groups is 2. The lowest BCUT2D eigenvalue weighted by molar-refractivity contribution is -0.132. The van der Waals surface area contributed by atoms with Crippen molar-refractivity contribution in [2.45, 2.75) is 25.7 Å². The maximum absolute atomic E-state index is 13.6. The zero-order valence-corrected chi connectivity index (χ0v) is 23.8. The molecule has 5 heterocycles. The number of nitrogens with one attached hydrogen (secondary N) is 1. The van der Waals surface area contributed by atoms with Crippen LogP contribution in [0.15, 0.2) is 54.9 Å². The minimum atomic E-state index is -2.70. The van der Waals surface area contributed by atoms with E-state index in [0.717, 1.165) is 17.5 Å². The molecule has 1 spiro atoms. The second-order valence-corrected chi connectivity index (χ2v) is 11.7. The number of carbonyl (C=O) groups excluding carboxylic acids is 2. The first-order chi connectivity index (χ1) is 20.8. The molecule has 10 nitrogen and oxygen atoms in total. The van der Waals surface area contributed by atoms with Gasteiger partial charge in [0.05, 0.1) is 17.5 Å². The van der Waals surface area contributed by atoms with Gasteiger partial charge in [-0.3, -0.25) is 24.3 Å². The van der Waals surface area contributed by atoms with E-state index < -0.39 is 11.8 Å². The molecule has 1 atom stereocenters. The molecule has 2 saturated heterocycles. The van der Waals surface area contributed by atoms with Crippen molar-refractivity contribution in [2.75, 3.05) is 44.2 Å². The van der Waals surface area contributed by atoms with E-state index in [1.807, 2.05) is 24.1 Å². The minimum absolute atomic E-state index is 0.000663. The summed E-state index contributed by atoms with van der Waals surface area (Å²) in [6.45, 7) is 3.21. The molecule has 12 heteroatoms. The Balaban J connectivity index is 0.958. The van der Waals surface area contributed by atoms with Crippen LogP contribution in [0, 0.1) is 5.41 Å². The molecule has 2 amide bonds. The highest BCUT2D eigenvalue weighted by molar-refractivity contribution is 6.02. The quantitative estimate of drug-likeness (QED) is 0.366. The van der Waals surface area contributed by atoms with Crippen LogP contribution in [0.5, 0.6) is 0 Å². The van der Waals surface area contributed by atoms with E-state index in [1.165, 1.54) is 5.57 Å². The number of hydrogen-bond donors (Lipinski definition) is 1. The number of H-pyrrole nitrogens is 1. The first kappa shape index (κ1) is 27.4. The molecular weight excluding hydrogens is 554 g/mol. The molecular formula is C31H32F2N8O2. The normalized spacial score (nSPS) is 21.1. The highest BCUT2D eigenvalue weighted by atomic mass is 19.3. The molecule has 0 aliphatic carbocycles. The van der Waals surface area contributed by atoms with Gasteiger partial charge in [-0.05, 0) is 55.1 Å². The minimum Gasteiger partial charge on any atom is -0.338 e. The van der Waals surface area contributed by atoms with Crippen molar-refractivity contribution >= 4 is 34.0 Å².